The normalized spacial score (nSPS) is 22.9. The predicted molar refractivity (Wildman–Crippen MR) is 79.0 cm³/mol. The van der Waals surface area contributed by atoms with Gasteiger partial charge in [-0.05, 0) is 51.2 Å². The highest BCUT2D eigenvalue weighted by Crippen LogP contribution is 2.33. The Bertz CT molecular complexity index is 429. The van der Waals surface area contributed by atoms with Crippen LogP contribution < -0.4 is 5.32 Å². The number of ether oxygens (including phenoxy) is 2. The molecule has 1 amide bonds. The van der Waals surface area contributed by atoms with Crippen LogP contribution in [-0.2, 0) is 9.47 Å². The molecule has 1 aromatic rings. The van der Waals surface area contributed by atoms with E-state index in [1.54, 1.807) is 6.92 Å². The van der Waals surface area contributed by atoms with Crippen molar-refractivity contribution in [2.24, 2.45) is 0 Å². The van der Waals surface area contributed by atoms with Gasteiger partial charge in [0.15, 0.2) is 0 Å². The SMILES string of the molecule is C1CC2CCC1O2.CCOC(=O)Nc1ccccc1C. The van der Waals surface area contributed by atoms with E-state index in [0.29, 0.717) is 18.8 Å². The van der Waals surface area contributed by atoms with Crippen molar-refractivity contribution in [3.05, 3.63) is 29.8 Å². The maximum absolute atomic E-state index is 11.0. The summed E-state index contributed by atoms with van der Waals surface area (Å²) in [6.07, 6.45) is 6.29. The van der Waals surface area contributed by atoms with Crippen LogP contribution in [0.2, 0.25) is 0 Å². The number of hydrogen-bond acceptors (Lipinski definition) is 3. The number of rotatable bonds is 2. The second kappa shape index (κ2) is 7.29. The van der Waals surface area contributed by atoms with E-state index >= 15 is 0 Å². The average Bonchev–Trinajstić information content (AvgIpc) is 3.07. The largest absolute Gasteiger partial charge is 0.450 e. The number of carbonyl (C=O) groups is 1. The molecule has 1 aromatic carbocycles. The minimum Gasteiger partial charge on any atom is -0.450 e. The van der Waals surface area contributed by atoms with Crippen LogP contribution in [0, 0.1) is 6.92 Å². The third-order valence-corrected chi connectivity index (χ3v) is 3.66. The smallest absolute Gasteiger partial charge is 0.411 e. The van der Waals surface area contributed by atoms with Gasteiger partial charge < -0.3 is 9.47 Å². The fraction of sp³-hybridized carbons (Fsp3) is 0.562. The number of benzene rings is 1. The first kappa shape index (κ1) is 14.9. The Balaban J connectivity index is 0.000000173. The van der Waals surface area contributed by atoms with Gasteiger partial charge >= 0.3 is 6.09 Å². The highest BCUT2D eigenvalue weighted by atomic mass is 16.5. The molecule has 2 saturated heterocycles. The lowest BCUT2D eigenvalue weighted by atomic mass is 10.0. The van der Waals surface area contributed by atoms with Crippen molar-refractivity contribution in [2.75, 3.05) is 11.9 Å². The average molecular weight is 277 g/mol. The lowest BCUT2D eigenvalue weighted by molar-refractivity contribution is 0.105. The van der Waals surface area contributed by atoms with Crippen LogP contribution in [0.1, 0.15) is 38.2 Å². The summed E-state index contributed by atoms with van der Waals surface area (Å²) in [6, 6.07) is 7.56. The van der Waals surface area contributed by atoms with E-state index in [1.165, 1.54) is 25.7 Å². The van der Waals surface area contributed by atoms with E-state index in [-0.39, 0.29) is 0 Å². The summed E-state index contributed by atoms with van der Waals surface area (Å²) in [6.45, 7) is 4.09. The first-order valence-electron chi connectivity index (χ1n) is 7.34. The van der Waals surface area contributed by atoms with Gasteiger partial charge in [0.1, 0.15) is 0 Å². The molecule has 2 fully saturated rings. The highest BCUT2D eigenvalue weighted by molar-refractivity contribution is 5.85. The summed E-state index contributed by atoms with van der Waals surface area (Å²) in [5.41, 5.74) is 1.82. The van der Waals surface area contributed by atoms with Gasteiger partial charge in [-0.3, -0.25) is 5.32 Å². The van der Waals surface area contributed by atoms with Crippen LogP contribution in [0.25, 0.3) is 0 Å². The maximum atomic E-state index is 11.0. The van der Waals surface area contributed by atoms with Crippen LogP contribution >= 0.6 is 0 Å². The predicted octanol–water partition coefficient (Wildman–Crippen LogP) is 3.89. The monoisotopic (exact) mass is 277 g/mol. The zero-order valence-corrected chi connectivity index (χ0v) is 12.2. The highest BCUT2D eigenvalue weighted by Gasteiger charge is 2.31. The van der Waals surface area contributed by atoms with Gasteiger partial charge in [0, 0.05) is 5.69 Å². The molecule has 1 N–H and O–H groups in total. The number of anilines is 1. The first-order valence-corrected chi connectivity index (χ1v) is 7.34. The third-order valence-electron chi connectivity index (χ3n) is 3.66. The first-order chi connectivity index (χ1) is 9.69. The maximum Gasteiger partial charge on any atom is 0.411 e. The quantitative estimate of drug-likeness (QED) is 0.892. The molecule has 20 heavy (non-hydrogen) atoms. The zero-order valence-electron chi connectivity index (χ0n) is 12.2. The van der Waals surface area contributed by atoms with Gasteiger partial charge in [-0.25, -0.2) is 4.79 Å². The van der Waals surface area contributed by atoms with Crippen LogP contribution in [0.3, 0.4) is 0 Å². The van der Waals surface area contributed by atoms with Crippen molar-refractivity contribution in [1.82, 2.24) is 0 Å². The third kappa shape index (κ3) is 4.23. The molecule has 0 spiro atoms. The lowest BCUT2D eigenvalue weighted by Crippen LogP contribution is -2.13. The van der Waals surface area contributed by atoms with E-state index in [4.69, 9.17) is 9.47 Å². The van der Waals surface area contributed by atoms with E-state index in [1.807, 2.05) is 31.2 Å². The molecule has 3 rings (SSSR count). The van der Waals surface area contributed by atoms with Gasteiger partial charge in [0.25, 0.3) is 0 Å². The summed E-state index contributed by atoms with van der Waals surface area (Å²) >= 11 is 0. The second-order valence-electron chi connectivity index (χ2n) is 5.20. The molecule has 4 nitrogen and oxygen atoms in total. The fourth-order valence-electron chi connectivity index (χ4n) is 2.57. The number of nitrogens with one attached hydrogen (secondary N) is 1. The summed E-state index contributed by atoms with van der Waals surface area (Å²) in [4.78, 5) is 11.0. The Morgan fingerprint density at radius 3 is 2.30 bits per heavy atom. The summed E-state index contributed by atoms with van der Waals surface area (Å²) in [7, 11) is 0. The topological polar surface area (TPSA) is 47.6 Å². The molecule has 0 atom stereocenters. The Morgan fingerprint density at radius 1 is 1.25 bits per heavy atom. The van der Waals surface area contributed by atoms with Gasteiger partial charge in [-0.2, -0.15) is 0 Å². The molecule has 2 aliphatic rings. The molecule has 0 saturated carbocycles. The van der Waals surface area contributed by atoms with Gasteiger partial charge in [0.05, 0.1) is 18.8 Å². The standard InChI is InChI=1S/C10H13NO2.C6H10O/c1-3-13-10(12)11-9-7-5-4-6-8(9)2;1-2-6-4-3-5(1)7-6/h4-7H,3H2,1-2H3,(H,11,12);5-6H,1-4H2. The minimum atomic E-state index is -0.406. The second-order valence-corrected chi connectivity index (χ2v) is 5.20. The number of aryl methyl sites for hydroxylation is 1. The lowest BCUT2D eigenvalue weighted by Gasteiger charge is -2.06. The minimum absolute atomic E-state index is 0.387. The molecule has 0 aromatic heterocycles. The van der Waals surface area contributed by atoms with Crippen molar-refractivity contribution < 1.29 is 14.3 Å². The summed E-state index contributed by atoms with van der Waals surface area (Å²) in [5, 5.41) is 2.65. The number of fused-ring (bicyclic) bond motifs is 2. The van der Waals surface area contributed by atoms with Crippen molar-refractivity contribution >= 4 is 11.8 Å². The van der Waals surface area contributed by atoms with E-state index in [9.17, 15) is 4.79 Å². The summed E-state index contributed by atoms with van der Waals surface area (Å²) in [5.74, 6) is 0. The molecule has 2 bridgehead atoms. The van der Waals surface area contributed by atoms with E-state index in [0.717, 1.165) is 11.3 Å². The van der Waals surface area contributed by atoms with Crippen LogP contribution in [0.5, 0.6) is 0 Å². The van der Waals surface area contributed by atoms with Gasteiger partial charge in [0.2, 0.25) is 0 Å². The fourth-order valence-corrected chi connectivity index (χ4v) is 2.57. The number of hydrogen-bond donors (Lipinski definition) is 1. The van der Waals surface area contributed by atoms with E-state index in [2.05, 4.69) is 5.32 Å². The Morgan fingerprint density at radius 2 is 1.85 bits per heavy atom. The van der Waals surface area contributed by atoms with E-state index < -0.39 is 6.09 Å². The summed E-state index contributed by atoms with van der Waals surface area (Å²) < 4.78 is 10.2. The van der Waals surface area contributed by atoms with Gasteiger partial charge in [-0.1, -0.05) is 18.2 Å². The van der Waals surface area contributed by atoms with Crippen LogP contribution in [-0.4, -0.2) is 24.9 Å². The number of carbonyl (C=O) groups excluding carboxylic acids is 1. The Labute approximate surface area is 120 Å². The molecule has 2 aliphatic heterocycles. The number of para-hydroxylation sites is 1. The molecule has 110 valence electrons. The Hall–Kier alpha value is -1.55. The molecular weight excluding hydrogens is 254 g/mol. The van der Waals surface area contributed by atoms with Crippen LogP contribution in [0.4, 0.5) is 10.5 Å². The zero-order chi connectivity index (χ0) is 14.4. The molecule has 4 heteroatoms. The Kier molecular flexibility index (Phi) is 5.41. The molecule has 0 aliphatic carbocycles. The molecular formula is C16H23NO3. The van der Waals surface area contributed by atoms with Crippen molar-refractivity contribution in [1.29, 1.82) is 0 Å². The molecule has 2 heterocycles. The van der Waals surface area contributed by atoms with Gasteiger partial charge in [-0.15, -0.1) is 0 Å². The van der Waals surface area contributed by atoms with Crippen molar-refractivity contribution in [3.8, 4) is 0 Å². The van der Waals surface area contributed by atoms with Crippen molar-refractivity contribution in [2.45, 2.75) is 51.7 Å². The molecule has 0 unspecified atom stereocenters. The van der Waals surface area contributed by atoms with Crippen LogP contribution in [0.15, 0.2) is 24.3 Å². The molecule has 0 radical (unpaired) electrons. The number of amides is 1. The van der Waals surface area contributed by atoms with Crippen molar-refractivity contribution in [3.63, 3.8) is 0 Å².